The molecule has 20 heavy (non-hydrogen) atoms. The number of hydrogen-bond donors (Lipinski definition) is 0. The Kier molecular flexibility index (Phi) is 7.71. The first kappa shape index (κ1) is 17.1. The first-order valence-corrected chi connectivity index (χ1v) is 7.66. The molecule has 0 radical (unpaired) electrons. The molecule has 0 unspecified atom stereocenters. The average molecular weight is 286 g/mol. The molecule has 0 aliphatic rings. The van der Waals surface area contributed by atoms with Crippen LogP contribution in [-0.2, 0) is 12.8 Å². The lowest BCUT2D eigenvalue weighted by molar-refractivity contribution is -0.133. The van der Waals surface area contributed by atoms with Crippen molar-refractivity contribution in [1.82, 2.24) is 0 Å². The summed E-state index contributed by atoms with van der Waals surface area (Å²) in [5, 5.41) is 0. The van der Waals surface area contributed by atoms with Gasteiger partial charge in [0.15, 0.2) is 0 Å². The Morgan fingerprint density at radius 2 is 1.25 bits per heavy atom. The highest BCUT2D eigenvalue weighted by Gasteiger charge is 2.26. The molecular weight excluding hydrogens is 261 g/mol. The minimum Gasteiger partial charge on any atom is -0.171 e. The third-order valence-corrected chi connectivity index (χ3v) is 3.54. The van der Waals surface area contributed by atoms with Crippen LogP contribution in [0.2, 0.25) is 0 Å². The van der Waals surface area contributed by atoms with Crippen LogP contribution in [0, 0.1) is 0 Å². The van der Waals surface area contributed by atoms with Crippen molar-refractivity contribution >= 4 is 0 Å². The van der Waals surface area contributed by atoms with Crippen molar-refractivity contribution in [3.05, 3.63) is 35.4 Å². The topological polar surface area (TPSA) is 0 Å². The Labute approximate surface area is 120 Å². The average Bonchev–Trinajstić information content (AvgIpc) is 2.41. The molecule has 0 saturated heterocycles. The number of alkyl halides is 3. The van der Waals surface area contributed by atoms with Crippen LogP contribution in [0.5, 0.6) is 0 Å². The summed E-state index contributed by atoms with van der Waals surface area (Å²) in [5.41, 5.74) is 2.00. The molecule has 0 atom stereocenters. The molecule has 0 heterocycles. The summed E-state index contributed by atoms with van der Waals surface area (Å²) in [5.74, 6) is 0. The predicted octanol–water partition coefficient (Wildman–Crippen LogP) is 6.08. The van der Waals surface area contributed by atoms with Crippen LogP contribution in [0.3, 0.4) is 0 Å². The van der Waals surface area contributed by atoms with Crippen LogP contribution in [0.4, 0.5) is 13.2 Å². The van der Waals surface area contributed by atoms with Gasteiger partial charge in [-0.25, -0.2) is 0 Å². The SMILES string of the molecule is CCCCCCCCc1ccc(CCC(F)(F)F)cc1. The van der Waals surface area contributed by atoms with E-state index in [4.69, 9.17) is 0 Å². The Morgan fingerprint density at radius 3 is 1.80 bits per heavy atom. The minimum atomic E-state index is -4.06. The summed E-state index contributed by atoms with van der Waals surface area (Å²) in [6.45, 7) is 2.21. The van der Waals surface area contributed by atoms with Gasteiger partial charge in [-0.3, -0.25) is 0 Å². The molecule has 0 N–H and O–H groups in total. The fourth-order valence-electron chi connectivity index (χ4n) is 2.27. The molecule has 0 aromatic heterocycles. The van der Waals surface area contributed by atoms with E-state index in [9.17, 15) is 13.2 Å². The lowest BCUT2D eigenvalue weighted by atomic mass is 10.0. The first-order chi connectivity index (χ1) is 9.51. The van der Waals surface area contributed by atoms with Crippen molar-refractivity contribution < 1.29 is 13.2 Å². The number of hydrogen-bond acceptors (Lipinski definition) is 0. The fourth-order valence-corrected chi connectivity index (χ4v) is 2.27. The highest BCUT2D eigenvalue weighted by Crippen LogP contribution is 2.22. The molecule has 0 bridgehead atoms. The fraction of sp³-hybridized carbons (Fsp3) is 0.647. The van der Waals surface area contributed by atoms with Gasteiger partial charge in [0, 0.05) is 6.42 Å². The van der Waals surface area contributed by atoms with Crippen molar-refractivity contribution in [3.63, 3.8) is 0 Å². The summed E-state index contributed by atoms with van der Waals surface area (Å²) in [6, 6.07) is 7.60. The van der Waals surface area contributed by atoms with Crippen molar-refractivity contribution in [1.29, 1.82) is 0 Å². The van der Waals surface area contributed by atoms with E-state index in [1.54, 1.807) is 0 Å². The monoisotopic (exact) mass is 286 g/mol. The lowest BCUT2D eigenvalue weighted by Gasteiger charge is -2.07. The van der Waals surface area contributed by atoms with Gasteiger partial charge in [0.1, 0.15) is 0 Å². The molecule has 1 aromatic carbocycles. The van der Waals surface area contributed by atoms with Crippen LogP contribution in [-0.4, -0.2) is 6.18 Å². The molecule has 0 amide bonds. The lowest BCUT2D eigenvalue weighted by Crippen LogP contribution is -2.08. The van der Waals surface area contributed by atoms with Gasteiger partial charge in [0.05, 0.1) is 0 Å². The van der Waals surface area contributed by atoms with E-state index in [0.29, 0.717) is 0 Å². The zero-order valence-electron chi connectivity index (χ0n) is 12.3. The summed E-state index contributed by atoms with van der Waals surface area (Å²) in [4.78, 5) is 0. The van der Waals surface area contributed by atoms with Crippen LogP contribution >= 0.6 is 0 Å². The Balaban J connectivity index is 2.21. The molecule has 114 valence electrons. The van der Waals surface area contributed by atoms with Crippen molar-refractivity contribution in [2.24, 2.45) is 0 Å². The number of unbranched alkanes of at least 4 members (excludes halogenated alkanes) is 5. The third-order valence-electron chi connectivity index (χ3n) is 3.54. The summed E-state index contributed by atoms with van der Waals surface area (Å²) in [6.07, 6.45) is 3.92. The smallest absolute Gasteiger partial charge is 0.171 e. The zero-order chi connectivity index (χ0) is 14.8. The van der Waals surface area contributed by atoms with Crippen LogP contribution in [0.1, 0.15) is 63.0 Å². The van der Waals surface area contributed by atoms with E-state index >= 15 is 0 Å². The third kappa shape index (κ3) is 8.23. The highest BCUT2D eigenvalue weighted by atomic mass is 19.4. The van der Waals surface area contributed by atoms with Gasteiger partial charge in [-0.05, 0) is 30.4 Å². The van der Waals surface area contributed by atoms with Gasteiger partial charge < -0.3 is 0 Å². The molecule has 0 aliphatic carbocycles. The number of halogens is 3. The van der Waals surface area contributed by atoms with Gasteiger partial charge in [-0.2, -0.15) is 13.2 Å². The van der Waals surface area contributed by atoms with Crippen molar-refractivity contribution in [3.8, 4) is 0 Å². The minimum absolute atomic E-state index is 0.0841. The second kappa shape index (κ2) is 9.04. The van der Waals surface area contributed by atoms with Crippen LogP contribution in [0.25, 0.3) is 0 Å². The second-order valence-corrected chi connectivity index (χ2v) is 5.45. The Hall–Kier alpha value is -0.990. The van der Waals surface area contributed by atoms with Gasteiger partial charge in [0.25, 0.3) is 0 Å². The summed E-state index contributed by atoms with van der Waals surface area (Å²) >= 11 is 0. The quantitative estimate of drug-likeness (QED) is 0.482. The zero-order valence-corrected chi connectivity index (χ0v) is 12.3. The van der Waals surface area contributed by atoms with Crippen LogP contribution in [0.15, 0.2) is 24.3 Å². The standard InChI is InChI=1S/C17H25F3/c1-2-3-4-5-6-7-8-15-9-11-16(12-10-15)13-14-17(18,19)20/h9-12H,2-8,13-14H2,1H3. The first-order valence-electron chi connectivity index (χ1n) is 7.66. The molecule has 0 saturated carbocycles. The molecule has 1 aromatic rings. The van der Waals surface area contributed by atoms with E-state index < -0.39 is 12.6 Å². The second-order valence-electron chi connectivity index (χ2n) is 5.45. The maximum absolute atomic E-state index is 12.1. The molecule has 0 fully saturated rings. The Morgan fingerprint density at radius 1 is 0.750 bits per heavy atom. The maximum Gasteiger partial charge on any atom is 0.389 e. The van der Waals surface area contributed by atoms with E-state index in [1.807, 2.05) is 24.3 Å². The normalized spacial score (nSPS) is 11.8. The molecule has 0 nitrogen and oxygen atoms in total. The van der Waals surface area contributed by atoms with Crippen molar-refractivity contribution in [2.75, 3.05) is 0 Å². The van der Waals surface area contributed by atoms with E-state index in [1.165, 1.54) is 44.1 Å². The molecule has 3 heteroatoms. The van der Waals surface area contributed by atoms with Gasteiger partial charge >= 0.3 is 6.18 Å². The molecule has 1 rings (SSSR count). The van der Waals surface area contributed by atoms with Crippen molar-refractivity contribution in [2.45, 2.75) is 70.9 Å². The number of aryl methyl sites for hydroxylation is 2. The number of benzene rings is 1. The Bertz CT molecular complexity index is 351. The van der Waals surface area contributed by atoms with E-state index in [0.717, 1.165) is 12.0 Å². The number of rotatable bonds is 9. The summed E-state index contributed by atoms with van der Waals surface area (Å²) < 4.78 is 36.3. The van der Waals surface area contributed by atoms with Gasteiger partial charge in [0.2, 0.25) is 0 Å². The molecule has 0 spiro atoms. The van der Waals surface area contributed by atoms with E-state index in [2.05, 4.69) is 6.92 Å². The van der Waals surface area contributed by atoms with Gasteiger partial charge in [-0.1, -0.05) is 63.3 Å². The predicted molar refractivity (Wildman–Crippen MR) is 77.9 cm³/mol. The van der Waals surface area contributed by atoms with Crippen LogP contribution < -0.4 is 0 Å². The highest BCUT2D eigenvalue weighted by molar-refractivity contribution is 5.22. The molecular formula is C17H25F3. The van der Waals surface area contributed by atoms with Gasteiger partial charge in [-0.15, -0.1) is 0 Å². The maximum atomic E-state index is 12.1. The largest absolute Gasteiger partial charge is 0.389 e. The molecule has 0 aliphatic heterocycles. The van der Waals surface area contributed by atoms with E-state index in [-0.39, 0.29) is 6.42 Å². The summed E-state index contributed by atoms with van der Waals surface area (Å²) in [7, 11) is 0.